The molecule has 5 nitrogen and oxygen atoms in total. The van der Waals surface area contributed by atoms with Gasteiger partial charge in [0.1, 0.15) is 0 Å². The van der Waals surface area contributed by atoms with Crippen molar-refractivity contribution in [1.82, 2.24) is 20.5 Å². The minimum absolute atomic E-state index is 0.0422. The lowest BCUT2D eigenvalue weighted by Gasteiger charge is -2.39. The molecule has 0 spiro atoms. The topological polar surface area (TPSA) is 57.3 Å². The maximum absolute atomic E-state index is 15.8. The Labute approximate surface area is 208 Å². The molecule has 0 radical (unpaired) electrons. The third-order valence-corrected chi connectivity index (χ3v) is 8.46. The number of hydrogen-bond acceptors (Lipinski definition) is 4. The van der Waals surface area contributed by atoms with Crippen molar-refractivity contribution < 1.29 is 9.18 Å². The van der Waals surface area contributed by atoms with Gasteiger partial charge in [-0.25, -0.2) is 9.18 Å². The molecule has 1 fully saturated rings. The average Bonchev–Trinajstić information content (AvgIpc) is 3.33. The Morgan fingerprint density at radius 3 is 2.66 bits per heavy atom. The van der Waals surface area contributed by atoms with Crippen molar-refractivity contribution in [2.45, 2.75) is 71.8 Å². The van der Waals surface area contributed by atoms with Crippen LogP contribution in [-0.2, 0) is 12.0 Å². The highest BCUT2D eigenvalue weighted by atomic mass is 127. The van der Waals surface area contributed by atoms with Crippen molar-refractivity contribution >= 4 is 40.0 Å². The highest BCUT2D eigenvalue weighted by molar-refractivity contribution is 14.1. The van der Waals surface area contributed by atoms with Crippen molar-refractivity contribution in [3.8, 4) is 0 Å². The van der Waals surface area contributed by atoms with Crippen LogP contribution in [0.5, 0.6) is 0 Å². The third-order valence-electron chi connectivity index (χ3n) is 6.51. The lowest BCUT2D eigenvalue weighted by Crippen LogP contribution is -2.52. The van der Waals surface area contributed by atoms with E-state index in [9.17, 15) is 4.79 Å². The van der Waals surface area contributed by atoms with E-state index in [2.05, 4.69) is 75.2 Å². The van der Waals surface area contributed by atoms with E-state index in [1.807, 2.05) is 33.0 Å². The lowest BCUT2D eigenvalue weighted by molar-refractivity contribution is 0.0580. The molecule has 0 saturated carbocycles. The van der Waals surface area contributed by atoms with Gasteiger partial charge in [0.2, 0.25) is 0 Å². The molecular weight excluding hydrogens is 538 g/mol. The number of likely N-dealkylation sites (tertiary alicyclic amines) is 1. The predicted octanol–water partition coefficient (Wildman–Crippen LogP) is 5.62. The minimum atomic E-state index is -1.42. The second-order valence-corrected chi connectivity index (χ2v) is 12.7. The fourth-order valence-electron chi connectivity index (χ4n) is 4.35. The molecule has 176 valence electrons. The van der Waals surface area contributed by atoms with Crippen molar-refractivity contribution in [2.24, 2.45) is 5.41 Å². The van der Waals surface area contributed by atoms with Crippen LogP contribution in [0.2, 0.25) is 0 Å². The van der Waals surface area contributed by atoms with Crippen LogP contribution >= 0.6 is 33.9 Å². The first-order chi connectivity index (χ1) is 15.0. The fraction of sp³-hybridized carbons (Fsp3) is 0.583. The molecule has 1 unspecified atom stereocenters. The van der Waals surface area contributed by atoms with Gasteiger partial charge >= 0.3 is 6.03 Å². The fourth-order valence-corrected chi connectivity index (χ4v) is 6.11. The first-order valence-corrected chi connectivity index (χ1v) is 13.0. The maximum atomic E-state index is 15.8. The van der Waals surface area contributed by atoms with Crippen LogP contribution in [0.1, 0.15) is 56.7 Å². The summed E-state index contributed by atoms with van der Waals surface area (Å²) in [5.74, 6) is 0. The molecule has 1 aliphatic heterocycles. The van der Waals surface area contributed by atoms with Crippen molar-refractivity contribution in [2.75, 3.05) is 13.1 Å². The van der Waals surface area contributed by atoms with Gasteiger partial charge in [0.05, 0.1) is 2.88 Å². The van der Waals surface area contributed by atoms with Crippen molar-refractivity contribution in [1.29, 1.82) is 0 Å². The molecule has 2 aromatic rings. The van der Waals surface area contributed by atoms with Crippen LogP contribution in [0.25, 0.3) is 0 Å². The summed E-state index contributed by atoms with van der Waals surface area (Å²) in [6, 6.07) is 7.87. The molecule has 0 aromatic carbocycles. The number of carbonyl (C=O) groups excluding carboxylic acids is 1. The van der Waals surface area contributed by atoms with Gasteiger partial charge in [0, 0.05) is 40.3 Å². The molecule has 2 aromatic heterocycles. The number of aromatic nitrogens is 1. The Balaban J connectivity index is 1.80. The number of aryl methyl sites for hydroxylation is 2. The van der Waals surface area contributed by atoms with E-state index < -0.39 is 17.7 Å². The molecule has 8 heteroatoms. The first-order valence-electron chi connectivity index (χ1n) is 11.2. The number of nitrogens with zero attached hydrogens (tertiary/aromatic N) is 2. The number of halogens is 2. The number of urea groups is 1. The van der Waals surface area contributed by atoms with Crippen molar-refractivity contribution in [3.63, 3.8) is 0 Å². The quantitative estimate of drug-likeness (QED) is 0.319. The Kier molecular flexibility index (Phi) is 8.20. The molecule has 3 rings (SSSR count). The van der Waals surface area contributed by atoms with Gasteiger partial charge in [-0.1, -0.05) is 6.07 Å². The van der Waals surface area contributed by atoms with E-state index >= 15 is 4.39 Å². The number of carbonyl (C=O) groups is 1. The largest absolute Gasteiger partial charge is 0.336 e. The van der Waals surface area contributed by atoms with E-state index in [4.69, 9.17) is 0 Å². The van der Waals surface area contributed by atoms with Gasteiger partial charge in [0.25, 0.3) is 0 Å². The number of hydrogen-bond donors (Lipinski definition) is 2. The van der Waals surface area contributed by atoms with Crippen LogP contribution in [-0.4, -0.2) is 41.3 Å². The Hall–Kier alpha value is -1.26. The normalized spacial score (nSPS) is 20.5. The first kappa shape index (κ1) is 25.4. The molecule has 32 heavy (non-hydrogen) atoms. The molecule has 3 heterocycles. The summed E-state index contributed by atoms with van der Waals surface area (Å²) in [7, 11) is 0. The monoisotopic (exact) mass is 572 g/mol. The number of pyridine rings is 1. The lowest BCUT2D eigenvalue weighted by atomic mass is 9.80. The van der Waals surface area contributed by atoms with E-state index in [0.717, 1.165) is 24.2 Å². The molecule has 0 aliphatic carbocycles. The van der Waals surface area contributed by atoms with Gasteiger partial charge in [-0.3, -0.25) is 9.88 Å². The van der Waals surface area contributed by atoms with Gasteiger partial charge < -0.3 is 10.6 Å². The maximum Gasteiger partial charge on any atom is 0.317 e. The summed E-state index contributed by atoms with van der Waals surface area (Å²) in [5.41, 5.74) is 1.18. The molecule has 2 amide bonds. The molecule has 0 bridgehead atoms. The smallest absolute Gasteiger partial charge is 0.317 e. The van der Waals surface area contributed by atoms with E-state index in [-0.39, 0.29) is 11.6 Å². The summed E-state index contributed by atoms with van der Waals surface area (Å²) in [6.07, 6.45) is 2.69. The molecule has 1 aliphatic rings. The highest BCUT2D eigenvalue weighted by Crippen LogP contribution is 2.44. The summed E-state index contributed by atoms with van der Waals surface area (Å²) in [6.45, 7) is 11.4. The number of alkyl halides is 1. The summed E-state index contributed by atoms with van der Waals surface area (Å²) < 4.78 is 17.0. The van der Waals surface area contributed by atoms with Crippen LogP contribution in [0.4, 0.5) is 9.18 Å². The Morgan fingerprint density at radius 2 is 2.06 bits per heavy atom. The molecule has 2 N–H and O–H groups in total. The SMILES string of the molecule is Cc1ccc(C(C)(C)N2CCC(CCc3ccc(I)s3)([C@@H](F)NC(=O)NC(C)C)C2)cn1. The summed E-state index contributed by atoms with van der Waals surface area (Å²) in [5, 5.41) is 5.35. The molecule has 2 atom stereocenters. The third kappa shape index (κ3) is 5.99. The Morgan fingerprint density at radius 1 is 1.31 bits per heavy atom. The number of thiophene rings is 1. The Bertz CT molecular complexity index is 917. The zero-order valence-corrected chi connectivity index (χ0v) is 22.5. The number of rotatable bonds is 8. The predicted molar refractivity (Wildman–Crippen MR) is 138 cm³/mol. The summed E-state index contributed by atoms with van der Waals surface area (Å²) >= 11 is 4.07. The van der Waals surface area contributed by atoms with Crippen LogP contribution in [0.15, 0.2) is 30.5 Å². The number of amides is 2. The van der Waals surface area contributed by atoms with Crippen LogP contribution in [0.3, 0.4) is 0 Å². The number of nitrogens with one attached hydrogen (secondary N) is 2. The molecular formula is C24H34FIN4OS. The van der Waals surface area contributed by atoms with Gasteiger partial charge in [0.15, 0.2) is 6.30 Å². The van der Waals surface area contributed by atoms with Gasteiger partial charge in [-0.2, -0.15) is 0 Å². The summed E-state index contributed by atoms with van der Waals surface area (Å²) in [4.78, 5) is 20.4. The van der Waals surface area contributed by atoms with Crippen LogP contribution in [0, 0.1) is 15.2 Å². The van der Waals surface area contributed by atoms with Gasteiger partial charge in [-0.15, -0.1) is 11.3 Å². The second kappa shape index (κ2) is 10.3. The highest BCUT2D eigenvalue weighted by Gasteiger charge is 2.49. The standard InChI is InChI=1S/C24H34FIN4OS/c1-16(2)28-22(31)29-21(25)24(11-10-19-8-9-20(26)32-19)12-13-30(15-24)23(4,5)18-7-6-17(3)27-14-18/h6-9,14,16,21H,10-13,15H2,1-5H3,(H2,28,29,31)/t21-,24?/m0/s1. The minimum Gasteiger partial charge on any atom is -0.336 e. The average molecular weight is 573 g/mol. The zero-order chi connectivity index (χ0) is 23.5. The van der Waals surface area contributed by atoms with E-state index in [1.165, 1.54) is 7.76 Å². The van der Waals surface area contributed by atoms with Gasteiger partial charge in [-0.05, 0) is 107 Å². The van der Waals surface area contributed by atoms with E-state index in [1.54, 1.807) is 11.3 Å². The van der Waals surface area contributed by atoms with Crippen LogP contribution < -0.4 is 10.6 Å². The van der Waals surface area contributed by atoms with Crippen molar-refractivity contribution in [3.05, 3.63) is 49.5 Å². The van der Waals surface area contributed by atoms with E-state index in [0.29, 0.717) is 19.4 Å². The molecule has 1 saturated heterocycles. The second-order valence-electron chi connectivity index (χ2n) is 9.62. The zero-order valence-electron chi connectivity index (χ0n) is 19.5.